The number of nitrogens with zero attached hydrogens (tertiary/aromatic N) is 1. The molecule has 21 heavy (non-hydrogen) atoms. The number of carbonyl (C=O) groups excluding carboxylic acids is 2. The van der Waals surface area contributed by atoms with Crippen molar-refractivity contribution < 1.29 is 14.3 Å². The van der Waals surface area contributed by atoms with E-state index in [2.05, 4.69) is 5.32 Å². The van der Waals surface area contributed by atoms with Gasteiger partial charge in [-0.1, -0.05) is 26.7 Å². The summed E-state index contributed by atoms with van der Waals surface area (Å²) in [5.74, 6) is 0.188. The van der Waals surface area contributed by atoms with Crippen LogP contribution < -0.4 is 5.32 Å². The lowest BCUT2D eigenvalue weighted by atomic mass is 9.87. The summed E-state index contributed by atoms with van der Waals surface area (Å²) in [6.45, 7) is 8.90. The Bertz CT molecular complexity index is 400. The van der Waals surface area contributed by atoms with Gasteiger partial charge in [0.1, 0.15) is 11.6 Å². The van der Waals surface area contributed by atoms with Gasteiger partial charge in [0, 0.05) is 6.54 Å². The first-order chi connectivity index (χ1) is 9.87. The van der Waals surface area contributed by atoms with Gasteiger partial charge in [-0.15, -0.1) is 0 Å². The summed E-state index contributed by atoms with van der Waals surface area (Å²) in [7, 11) is 0. The number of carbonyl (C=O) groups is 2. The largest absolute Gasteiger partial charge is 0.377 e. The Kier molecular flexibility index (Phi) is 4.91. The molecule has 2 amide bonds. The average Bonchev–Trinajstić information content (AvgIpc) is 2.83. The van der Waals surface area contributed by atoms with Crippen molar-refractivity contribution in [2.24, 2.45) is 5.92 Å². The Labute approximate surface area is 127 Å². The number of nitrogens with one attached hydrogen (secondary N) is 1. The summed E-state index contributed by atoms with van der Waals surface area (Å²) in [6.07, 6.45) is 3.69. The fourth-order valence-electron chi connectivity index (χ4n) is 3.51. The highest BCUT2D eigenvalue weighted by atomic mass is 16.5. The number of rotatable bonds is 5. The highest BCUT2D eigenvalue weighted by molar-refractivity contribution is 6.00. The molecule has 1 atom stereocenters. The predicted molar refractivity (Wildman–Crippen MR) is 80.8 cm³/mol. The molecular weight excluding hydrogens is 268 g/mol. The Morgan fingerprint density at radius 2 is 1.86 bits per heavy atom. The van der Waals surface area contributed by atoms with E-state index in [1.807, 2.05) is 27.7 Å². The minimum Gasteiger partial charge on any atom is -0.377 e. The van der Waals surface area contributed by atoms with Gasteiger partial charge < -0.3 is 15.0 Å². The van der Waals surface area contributed by atoms with E-state index in [0.717, 1.165) is 25.7 Å². The third-order valence-electron chi connectivity index (χ3n) is 4.51. The Hall–Kier alpha value is -1.10. The number of hydrogen-bond donors (Lipinski definition) is 1. The summed E-state index contributed by atoms with van der Waals surface area (Å²) in [6, 6.07) is -0.375. The molecule has 0 aromatic heterocycles. The summed E-state index contributed by atoms with van der Waals surface area (Å²) >= 11 is 0. The van der Waals surface area contributed by atoms with Gasteiger partial charge in [-0.3, -0.25) is 9.59 Å². The molecule has 1 spiro atoms. The number of piperazine rings is 1. The van der Waals surface area contributed by atoms with E-state index in [9.17, 15) is 9.59 Å². The Morgan fingerprint density at radius 3 is 2.38 bits per heavy atom. The van der Waals surface area contributed by atoms with Gasteiger partial charge in [0.2, 0.25) is 11.8 Å². The van der Waals surface area contributed by atoms with Gasteiger partial charge in [-0.25, -0.2) is 0 Å². The van der Waals surface area contributed by atoms with Crippen LogP contribution in [0.3, 0.4) is 0 Å². The van der Waals surface area contributed by atoms with Crippen LogP contribution in [-0.4, -0.2) is 47.6 Å². The number of hydrogen-bond acceptors (Lipinski definition) is 3. The Balaban J connectivity index is 2.16. The highest BCUT2D eigenvalue weighted by Crippen LogP contribution is 2.35. The summed E-state index contributed by atoms with van der Waals surface area (Å²) < 4.78 is 5.58. The lowest BCUT2D eigenvalue weighted by Crippen LogP contribution is -2.70. The molecule has 1 aliphatic heterocycles. The molecule has 2 rings (SSSR count). The molecule has 120 valence electrons. The zero-order chi connectivity index (χ0) is 15.6. The summed E-state index contributed by atoms with van der Waals surface area (Å²) in [4.78, 5) is 27.2. The van der Waals surface area contributed by atoms with E-state index in [4.69, 9.17) is 4.74 Å². The number of amides is 2. The van der Waals surface area contributed by atoms with Crippen LogP contribution in [0.1, 0.15) is 53.4 Å². The first-order valence-electron chi connectivity index (χ1n) is 8.12. The maximum atomic E-state index is 12.9. The molecule has 0 radical (unpaired) electrons. The third kappa shape index (κ3) is 3.23. The minimum absolute atomic E-state index is 0.00366. The van der Waals surface area contributed by atoms with Crippen molar-refractivity contribution in [2.45, 2.75) is 71.1 Å². The third-order valence-corrected chi connectivity index (χ3v) is 4.51. The predicted octanol–water partition coefficient (Wildman–Crippen LogP) is 1.71. The van der Waals surface area contributed by atoms with Crippen LogP contribution in [-0.2, 0) is 14.3 Å². The fourth-order valence-corrected chi connectivity index (χ4v) is 3.51. The summed E-state index contributed by atoms with van der Waals surface area (Å²) in [5, 5.41) is 3.03. The van der Waals surface area contributed by atoms with Crippen molar-refractivity contribution in [3.05, 3.63) is 0 Å². The van der Waals surface area contributed by atoms with Crippen molar-refractivity contribution in [1.29, 1.82) is 0 Å². The zero-order valence-electron chi connectivity index (χ0n) is 13.6. The van der Waals surface area contributed by atoms with Gasteiger partial charge in [0.05, 0.1) is 12.7 Å². The van der Waals surface area contributed by atoms with Crippen molar-refractivity contribution in [2.75, 3.05) is 13.2 Å². The first kappa shape index (κ1) is 16.3. The van der Waals surface area contributed by atoms with Crippen LogP contribution in [0.25, 0.3) is 0 Å². The van der Waals surface area contributed by atoms with E-state index in [1.54, 1.807) is 4.90 Å². The molecule has 1 heterocycles. The van der Waals surface area contributed by atoms with Crippen molar-refractivity contribution in [1.82, 2.24) is 10.2 Å². The topological polar surface area (TPSA) is 58.6 Å². The maximum Gasteiger partial charge on any atom is 0.249 e. The molecule has 1 N–H and O–H groups in total. The van der Waals surface area contributed by atoms with Crippen LogP contribution in [0.4, 0.5) is 0 Å². The quantitative estimate of drug-likeness (QED) is 0.840. The van der Waals surface area contributed by atoms with E-state index in [0.29, 0.717) is 13.2 Å². The van der Waals surface area contributed by atoms with Crippen LogP contribution in [0.2, 0.25) is 0 Å². The lowest BCUT2D eigenvalue weighted by Gasteiger charge is -2.45. The Morgan fingerprint density at radius 1 is 1.24 bits per heavy atom. The molecule has 5 nitrogen and oxygen atoms in total. The standard InChI is InChI=1S/C16H28N2O3/c1-11(2)13-14(19)17-16(7-5-6-8-16)15(20)18(13)9-10-21-12(3)4/h11-13H,5-10H2,1-4H3,(H,17,19). The van der Waals surface area contributed by atoms with Gasteiger partial charge >= 0.3 is 0 Å². The zero-order valence-corrected chi connectivity index (χ0v) is 13.6. The van der Waals surface area contributed by atoms with E-state index in [1.165, 1.54) is 0 Å². The van der Waals surface area contributed by atoms with E-state index in [-0.39, 0.29) is 29.9 Å². The van der Waals surface area contributed by atoms with Crippen molar-refractivity contribution in [3.8, 4) is 0 Å². The van der Waals surface area contributed by atoms with E-state index >= 15 is 0 Å². The highest BCUT2D eigenvalue weighted by Gasteiger charge is 2.52. The average molecular weight is 296 g/mol. The lowest BCUT2D eigenvalue weighted by molar-refractivity contribution is -0.157. The SMILES string of the molecule is CC(C)OCCN1C(=O)C2(CCCC2)NC(=O)C1C(C)C. The van der Waals surface area contributed by atoms with Crippen LogP contribution in [0.15, 0.2) is 0 Å². The molecule has 1 aliphatic carbocycles. The molecular formula is C16H28N2O3. The first-order valence-corrected chi connectivity index (χ1v) is 8.12. The molecule has 2 aliphatic rings. The second-order valence-electron chi connectivity index (χ2n) is 6.89. The van der Waals surface area contributed by atoms with Crippen LogP contribution in [0.5, 0.6) is 0 Å². The monoisotopic (exact) mass is 296 g/mol. The van der Waals surface area contributed by atoms with Crippen molar-refractivity contribution >= 4 is 11.8 Å². The smallest absolute Gasteiger partial charge is 0.249 e. The van der Waals surface area contributed by atoms with Gasteiger partial charge in [0.25, 0.3) is 0 Å². The molecule has 0 aromatic rings. The second-order valence-corrected chi connectivity index (χ2v) is 6.89. The molecule has 1 saturated heterocycles. The molecule has 0 aromatic carbocycles. The fraction of sp³-hybridized carbons (Fsp3) is 0.875. The van der Waals surface area contributed by atoms with Gasteiger partial charge in [-0.05, 0) is 32.6 Å². The van der Waals surface area contributed by atoms with Crippen LogP contribution in [0, 0.1) is 5.92 Å². The molecule has 1 unspecified atom stereocenters. The second kappa shape index (κ2) is 6.34. The molecule has 2 fully saturated rings. The minimum atomic E-state index is -0.639. The van der Waals surface area contributed by atoms with Crippen molar-refractivity contribution in [3.63, 3.8) is 0 Å². The molecule has 5 heteroatoms. The normalized spacial score (nSPS) is 25.2. The number of ether oxygens (including phenoxy) is 1. The van der Waals surface area contributed by atoms with Gasteiger partial charge in [0.15, 0.2) is 0 Å². The maximum absolute atomic E-state index is 12.9. The summed E-state index contributed by atoms with van der Waals surface area (Å²) in [5.41, 5.74) is -0.639. The van der Waals surface area contributed by atoms with Gasteiger partial charge in [-0.2, -0.15) is 0 Å². The molecule has 0 bridgehead atoms. The van der Waals surface area contributed by atoms with E-state index < -0.39 is 5.54 Å². The molecule has 1 saturated carbocycles. The van der Waals surface area contributed by atoms with Crippen LogP contribution >= 0.6 is 0 Å².